The number of anilines is 2. The molecule has 2 N–H and O–H groups in total. The maximum Gasteiger partial charge on any atom is 0.251 e. The van der Waals surface area contributed by atoms with Crippen molar-refractivity contribution >= 4 is 17.4 Å². The molecule has 3 aliphatic rings. The Hall–Kier alpha value is -4.05. The molecule has 42 heavy (non-hydrogen) atoms. The number of fused-ring (bicyclic) bond motifs is 1. The predicted octanol–water partition coefficient (Wildman–Crippen LogP) is 5.23. The van der Waals surface area contributed by atoms with Crippen LogP contribution in [0.3, 0.4) is 0 Å². The average molecular weight is 581 g/mol. The monoisotopic (exact) mass is 580 g/mol. The molecule has 1 saturated heterocycles. The molecule has 12 heteroatoms. The molecule has 1 aliphatic heterocycles. The van der Waals surface area contributed by atoms with Crippen molar-refractivity contribution < 1.29 is 27.6 Å². The number of rotatable bonds is 7. The van der Waals surface area contributed by atoms with Crippen molar-refractivity contribution in [3.63, 3.8) is 0 Å². The minimum absolute atomic E-state index is 0.0871. The predicted molar refractivity (Wildman–Crippen MR) is 144 cm³/mol. The third-order valence-electron chi connectivity index (χ3n) is 8.32. The number of amides is 1. The van der Waals surface area contributed by atoms with Crippen molar-refractivity contribution in [2.45, 2.75) is 62.8 Å². The van der Waals surface area contributed by atoms with Crippen molar-refractivity contribution in [3.05, 3.63) is 89.1 Å². The SMILES string of the molecule is CC1C[C@@H](N(O)N(c2cc(F)cc(F)c2)[C@@]2(NC3CC(F)(F)C3)CCc3ccccc32)N(c2cc(C#N)ccn2)C1=O. The summed E-state index contributed by atoms with van der Waals surface area (Å²) in [7, 11) is 0. The summed E-state index contributed by atoms with van der Waals surface area (Å²) in [6.07, 6.45) is 0.227. The van der Waals surface area contributed by atoms with Crippen LogP contribution in [0.2, 0.25) is 0 Å². The zero-order valence-electron chi connectivity index (χ0n) is 22.6. The lowest BCUT2D eigenvalue weighted by Crippen LogP contribution is -2.68. The Morgan fingerprint density at radius 1 is 1.12 bits per heavy atom. The molecule has 218 valence electrons. The number of halogens is 4. The van der Waals surface area contributed by atoms with Crippen LogP contribution in [0.15, 0.2) is 60.8 Å². The molecule has 3 atom stereocenters. The number of hydrogen-bond acceptors (Lipinski definition) is 7. The molecule has 1 aromatic heterocycles. The molecule has 2 aromatic carbocycles. The van der Waals surface area contributed by atoms with Crippen LogP contribution in [0, 0.1) is 28.9 Å². The highest BCUT2D eigenvalue weighted by Crippen LogP contribution is 2.48. The summed E-state index contributed by atoms with van der Waals surface area (Å²) in [5.41, 5.74) is 0.277. The van der Waals surface area contributed by atoms with Crippen molar-refractivity contribution in [1.29, 1.82) is 5.26 Å². The maximum absolute atomic E-state index is 14.7. The van der Waals surface area contributed by atoms with E-state index in [-0.39, 0.29) is 35.8 Å². The van der Waals surface area contributed by atoms with Gasteiger partial charge in [0, 0.05) is 37.1 Å². The molecule has 2 heterocycles. The van der Waals surface area contributed by atoms with Crippen LogP contribution >= 0.6 is 0 Å². The Kier molecular flexibility index (Phi) is 6.92. The van der Waals surface area contributed by atoms with Crippen molar-refractivity contribution in [1.82, 2.24) is 15.5 Å². The number of nitriles is 1. The van der Waals surface area contributed by atoms with E-state index in [0.29, 0.717) is 18.1 Å². The number of carbonyl (C=O) groups is 1. The van der Waals surface area contributed by atoms with Crippen LogP contribution in [0.25, 0.3) is 0 Å². The molecule has 0 bridgehead atoms. The lowest BCUT2D eigenvalue weighted by Gasteiger charge is -2.52. The second kappa shape index (κ2) is 10.3. The highest BCUT2D eigenvalue weighted by molar-refractivity contribution is 5.97. The van der Waals surface area contributed by atoms with Gasteiger partial charge in [0.25, 0.3) is 5.92 Å². The molecule has 2 aliphatic carbocycles. The highest BCUT2D eigenvalue weighted by atomic mass is 19.3. The largest absolute Gasteiger partial charge is 0.293 e. The van der Waals surface area contributed by atoms with E-state index in [2.05, 4.69) is 10.3 Å². The molecule has 8 nitrogen and oxygen atoms in total. The van der Waals surface area contributed by atoms with Gasteiger partial charge in [-0.05, 0) is 54.7 Å². The number of pyridine rings is 1. The van der Waals surface area contributed by atoms with Gasteiger partial charge in [-0.1, -0.05) is 36.4 Å². The van der Waals surface area contributed by atoms with Gasteiger partial charge >= 0.3 is 0 Å². The Morgan fingerprint density at radius 2 is 1.83 bits per heavy atom. The maximum atomic E-state index is 14.7. The second-order valence-corrected chi connectivity index (χ2v) is 11.2. The van der Waals surface area contributed by atoms with E-state index in [4.69, 9.17) is 0 Å². The molecular formula is C30H28F4N6O2. The Balaban J connectivity index is 1.51. The number of hydroxylamine groups is 1. The van der Waals surface area contributed by atoms with Gasteiger partial charge in [0.2, 0.25) is 5.91 Å². The topological polar surface area (TPSA) is 95.7 Å². The van der Waals surface area contributed by atoms with Crippen LogP contribution in [0.1, 0.15) is 49.3 Å². The smallest absolute Gasteiger partial charge is 0.251 e. The van der Waals surface area contributed by atoms with Crippen LogP contribution in [0.4, 0.5) is 29.1 Å². The molecule has 1 amide bonds. The van der Waals surface area contributed by atoms with Gasteiger partial charge in [0.1, 0.15) is 29.3 Å². The molecule has 1 unspecified atom stereocenters. The number of alkyl halides is 2. The van der Waals surface area contributed by atoms with Gasteiger partial charge in [-0.3, -0.25) is 25.2 Å². The molecule has 1 saturated carbocycles. The Bertz CT molecular complexity index is 1550. The lowest BCUT2D eigenvalue weighted by atomic mass is 9.85. The van der Waals surface area contributed by atoms with Crippen LogP contribution in [-0.2, 0) is 16.9 Å². The lowest BCUT2D eigenvalue weighted by molar-refractivity contribution is -0.164. The number of hydrogen-bond donors (Lipinski definition) is 2. The zero-order chi connectivity index (χ0) is 29.8. The van der Waals surface area contributed by atoms with Crippen molar-refractivity contribution in [2.24, 2.45) is 5.92 Å². The average Bonchev–Trinajstić information content (AvgIpc) is 3.44. The van der Waals surface area contributed by atoms with Crippen molar-refractivity contribution in [2.75, 3.05) is 9.91 Å². The summed E-state index contributed by atoms with van der Waals surface area (Å²) in [5, 5.41) is 26.9. The summed E-state index contributed by atoms with van der Waals surface area (Å²) < 4.78 is 57.5. The van der Waals surface area contributed by atoms with E-state index in [9.17, 15) is 32.8 Å². The summed E-state index contributed by atoms with van der Waals surface area (Å²) in [5.74, 6) is -5.50. The minimum Gasteiger partial charge on any atom is -0.293 e. The van der Waals surface area contributed by atoms with E-state index in [0.717, 1.165) is 22.9 Å². The quantitative estimate of drug-likeness (QED) is 0.225. The molecule has 6 rings (SSSR count). The number of hydrazine groups is 1. The van der Waals surface area contributed by atoms with E-state index < -0.39 is 54.2 Å². The van der Waals surface area contributed by atoms with E-state index in [1.807, 2.05) is 18.2 Å². The molecule has 0 spiro atoms. The van der Waals surface area contributed by atoms with Crippen LogP contribution < -0.4 is 15.2 Å². The zero-order valence-corrected chi connectivity index (χ0v) is 22.6. The van der Waals surface area contributed by atoms with E-state index in [1.54, 1.807) is 19.1 Å². The van der Waals surface area contributed by atoms with Crippen LogP contribution in [-0.4, -0.2) is 39.4 Å². The number of nitrogens with one attached hydrogen (secondary N) is 1. The fourth-order valence-electron chi connectivity index (χ4n) is 6.42. The van der Waals surface area contributed by atoms with E-state index >= 15 is 0 Å². The summed E-state index contributed by atoms with van der Waals surface area (Å²) >= 11 is 0. The molecular weight excluding hydrogens is 552 g/mol. The third kappa shape index (κ3) is 4.77. The number of aromatic nitrogens is 1. The third-order valence-corrected chi connectivity index (χ3v) is 8.32. The summed E-state index contributed by atoms with van der Waals surface area (Å²) in [6, 6.07) is 14.3. The first kappa shape index (κ1) is 28.1. The molecule has 3 aromatic rings. The first-order chi connectivity index (χ1) is 20.0. The number of nitrogens with zero attached hydrogens (tertiary/aromatic N) is 5. The first-order valence-corrected chi connectivity index (χ1v) is 13.7. The summed E-state index contributed by atoms with van der Waals surface area (Å²) in [4.78, 5) is 18.9. The second-order valence-electron chi connectivity index (χ2n) is 11.2. The fraction of sp³-hybridized carbons (Fsp3) is 0.367. The van der Waals surface area contributed by atoms with Gasteiger partial charge in [-0.25, -0.2) is 22.5 Å². The van der Waals surface area contributed by atoms with Gasteiger partial charge in [0.15, 0.2) is 0 Å². The van der Waals surface area contributed by atoms with Crippen molar-refractivity contribution in [3.8, 4) is 6.07 Å². The first-order valence-electron chi connectivity index (χ1n) is 13.7. The fourth-order valence-corrected chi connectivity index (χ4v) is 6.42. The highest BCUT2D eigenvalue weighted by Gasteiger charge is 2.55. The Morgan fingerprint density at radius 3 is 2.52 bits per heavy atom. The number of aryl methyl sites for hydroxylation is 1. The summed E-state index contributed by atoms with van der Waals surface area (Å²) in [6.45, 7) is 1.68. The normalized spacial score (nSPS) is 24.9. The molecule has 2 fully saturated rings. The van der Waals surface area contributed by atoms with E-state index in [1.165, 1.54) is 28.2 Å². The van der Waals surface area contributed by atoms with Crippen LogP contribution in [0.5, 0.6) is 0 Å². The Labute approximate surface area is 239 Å². The van der Waals surface area contributed by atoms with Gasteiger partial charge in [0.05, 0.1) is 17.3 Å². The standard InChI is InChI=1S/C30H28F4N6O2/c1-18-10-27(38(28(18)41)26-11-19(17-35)7-9-36-26)40(42)39(24-13-21(31)12-22(32)14-24)30(37-23-15-29(33,34)16-23)8-6-20-4-2-3-5-25(20)30/h2-5,7,9,11-14,18,23,27,37,42H,6,8,10,15-16H2,1H3/t18?,27-,30+/m1/s1. The number of benzene rings is 2. The van der Waals surface area contributed by atoms with Gasteiger partial charge in [-0.15, -0.1) is 0 Å². The minimum atomic E-state index is -2.85. The van der Waals surface area contributed by atoms with Gasteiger partial charge < -0.3 is 0 Å². The molecule has 0 radical (unpaired) electrons. The number of carbonyl (C=O) groups excluding carboxylic acids is 1. The van der Waals surface area contributed by atoms with Gasteiger partial charge in [-0.2, -0.15) is 5.26 Å².